The van der Waals surface area contributed by atoms with Crippen molar-refractivity contribution in [3.8, 4) is 11.5 Å². The number of thioether (sulfide) groups is 1. The van der Waals surface area contributed by atoms with E-state index in [9.17, 15) is 9.18 Å². The van der Waals surface area contributed by atoms with E-state index in [1.54, 1.807) is 36.4 Å². The Morgan fingerprint density at radius 3 is 2.79 bits per heavy atom. The van der Waals surface area contributed by atoms with Crippen LogP contribution in [0, 0.1) is 5.82 Å². The molecule has 0 aromatic heterocycles. The zero-order chi connectivity index (χ0) is 21.0. The molecule has 1 aliphatic rings. The lowest BCUT2D eigenvalue weighted by Crippen LogP contribution is -2.27. The first kappa shape index (κ1) is 21.4. The number of rotatable bonds is 7. The number of carbonyl (C=O) groups excluding carboxylic acids is 1. The minimum Gasteiger partial charge on any atom is -0.493 e. The summed E-state index contributed by atoms with van der Waals surface area (Å²) in [5.41, 5.74) is 0.978. The Morgan fingerprint density at radius 1 is 1.31 bits per heavy atom. The second kappa shape index (κ2) is 9.43. The number of hydrogen-bond acceptors (Lipinski definition) is 5. The van der Waals surface area contributed by atoms with Gasteiger partial charge < -0.3 is 9.47 Å². The summed E-state index contributed by atoms with van der Waals surface area (Å²) < 4.78 is 25.6. The number of ether oxygens (including phenoxy) is 2. The summed E-state index contributed by atoms with van der Waals surface area (Å²) in [6.45, 7) is 3.94. The van der Waals surface area contributed by atoms with Crippen molar-refractivity contribution in [2.24, 2.45) is 0 Å². The van der Waals surface area contributed by atoms with Crippen LogP contribution in [0.5, 0.6) is 11.5 Å². The lowest BCUT2D eigenvalue weighted by molar-refractivity contribution is -0.121. The summed E-state index contributed by atoms with van der Waals surface area (Å²) in [5.74, 6) is 0.269. The number of thiocarbonyl (C=S) groups is 1. The number of halogens is 2. The fourth-order valence-corrected chi connectivity index (χ4v) is 4.15. The molecule has 0 saturated carbocycles. The number of hydrogen-bond donors (Lipinski definition) is 0. The van der Waals surface area contributed by atoms with Crippen LogP contribution in [0.2, 0.25) is 5.02 Å². The summed E-state index contributed by atoms with van der Waals surface area (Å²) in [6.07, 6.45) is 3.35. The van der Waals surface area contributed by atoms with Crippen LogP contribution in [0.15, 0.2) is 54.0 Å². The highest BCUT2D eigenvalue weighted by Gasteiger charge is 2.31. The van der Waals surface area contributed by atoms with Crippen LogP contribution in [0.4, 0.5) is 4.39 Å². The van der Waals surface area contributed by atoms with E-state index in [1.165, 1.54) is 35.9 Å². The molecule has 3 rings (SSSR count). The van der Waals surface area contributed by atoms with E-state index in [-0.39, 0.29) is 23.1 Å². The highest BCUT2D eigenvalue weighted by molar-refractivity contribution is 8.26. The van der Waals surface area contributed by atoms with Crippen molar-refractivity contribution in [2.75, 3.05) is 13.7 Å². The molecule has 1 saturated heterocycles. The quantitative estimate of drug-likeness (QED) is 0.319. The lowest BCUT2D eigenvalue weighted by atomic mass is 10.1. The highest BCUT2D eigenvalue weighted by atomic mass is 35.5. The van der Waals surface area contributed by atoms with Crippen LogP contribution < -0.4 is 9.47 Å². The van der Waals surface area contributed by atoms with Gasteiger partial charge in [-0.3, -0.25) is 9.69 Å². The second-order valence-corrected chi connectivity index (χ2v) is 8.06. The van der Waals surface area contributed by atoms with Crippen LogP contribution in [-0.2, 0) is 11.4 Å². The Bertz CT molecular complexity index is 989. The number of benzene rings is 2. The minimum absolute atomic E-state index is 0.0627. The van der Waals surface area contributed by atoms with Gasteiger partial charge in [-0.1, -0.05) is 53.8 Å². The summed E-state index contributed by atoms with van der Waals surface area (Å²) >= 11 is 12.5. The van der Waals surface area contributed by atoms with Crippen molar-refractivity contribution in [1.82, 2.24) is 4.90 Å². The van der Waals surface area contributed by atoms with Gasteiger partial charge in [0.25, 0.3) is 5.91 Å². The molecule has 1 amide bonds. The maximum atomic E-state index is 14.0. The smallest absolute Gasteiger partial charge is 0.266 e. The number of methoxy groups -OCH3 is 1. The molecule has 150 valence electrons. The molecule has 0 unspecified atom stereocenters. The van der Waals surface area contributed by atoms with E-state index in [0.29, 0.717) is 27.3 Å². The van der Waals surface area contributed by atoms with Crippen molar-refractivity contribution < 1.29 is 18.7 Å². The molecule has 2 aromatic rings. The first-order valence-corrected chi connectivity index (χ1v) is 10.1. The summed E-state index contributed by atoms with van der Waals surface area (Å²) in [4.78, 5) is 14.5. The van der Waals surface area contributed by atoms with Gasteiger partial charge in [-0.25, -0.2) is 4.39 Å². The molecule has 2 aromatic carbocycles. The molecule has 0 bridgehead atoms. The molecule has 0 radical (unpaired) electrons. The van der Waals surface area contributed by atoms with Gasteiger partial charge in [0.05, 0.1) is 17.0 Å². The van der Waals surface area contributed by atoms with E-state index >= 15 is 0 Å². The van der Waals surface area contributed by atoms with E-state index in [0.717, 1.165) is 5.56 Å². The standard InChI is InChI=1S/C21H17ClFNO3S2/c1-3-9-24-20(25)19(29-21(24)28)11-13-7-8-17(26-2)18(10-13)27-12-14-15(22)5-4-6-16(14)23/h3-8,10-11H,1,9,12H2,2H3/b19-11-. The van der Waals surface area contributed by atoms with Crippen molar-refractivity contribution >= 4 is 51.9 Å². The number of nitrogens with zero attached hydrogens (tertiary/aromatic N) is 1. The molecule has 1 aliphatic heterocycles. The average Bonchev–Trinajstić information content (AvgIpc) is 2.95. The Morgan fingerprint density at radius 2 is 2.10 bits per heavy atom. The molecule has 0 N–H and O–H groups in total. The third-order valence-electron chi connectivity index (χ3n) is 4.10. The summed E-state index contributed by atoms with van der Waals surface area (Å²) in [7, 11) is 1.51. The van der Waals surface area contributed by atoms with E-state index in [1.807, 2.05) is 0 Å². The Kier molecular flexibility index (Phi) is 6.95. The zero-order valence-corrected chi connectivity index (χ0v) is 17.9. The van der Waals surface area contributed by atoms with Gasteiger partial charge in [-0.15, -0.1) is 6.58 Å². The molecule has 1 heterocycles. The largest absolute Gasteiger partial charge is 0.493 e. The van der Waals surface area contributed by atoms with Crippen LogP contribution >= 0.6 is 35.6 Å². The van der Waals surface area contributed by atoms with E-state index < -0.39 is 5.82 Å². The van der Waals surface area contributed by atoms with Gasteiger partial charge >= 0.3 is 0 Å². The van der Waals surface area contributed by atoms with E-state index in [2.05, 4.69) is 6.58 Å². The van der Waals surface area contributed by atoms with Gasteiger partial charge in [0.15, 0.2) is 11.5 Å². The van der Waals surface area contributed by atoms with Gasteiger partial charge in [0.1, 0.15) is 16.7 Å². The van der Waals surface area contributed by atoms with Crippen molar-refractivity contribution in [3.63, 3.8) is 0 Å². The molecular weight excluding hydrogens is 433 g/mol. The summed E-state index contributed by atoms with van der Waals surface area (Å²) in [5, 5.41) is 0.283. The van der Waals surface area contributed by atoms with E-state index in [4.69, 9.17) is 33.3 Å². The van der Waals surface area contributed by atoms with Crippen molar-refractivity contribution in [2.45, 2.75) is 6.61 Å². The monoisotopic (exact) mass is 449 g/mol. The summed E-state index contributed by atoms with van der Waals surface area (Å²) in [6, 6.07) is 9.68. The van der Waals surface area contributed by atoms with Crippen molar-refractivity contribution in [1.29, 1.82) is 0 Å². The maximum Gasteiger partial charge on any atom is 0.266 e. The van der Waals surface area contributed by atoms with Crippen molar-refractivity contribution in [3.05, 3.63) is 75.9 Å². The molecule has 0 aliphatic carbocycles. The minimum atomic E-state index is -0.446. The van der Waals surface area contributed by atoms with Crippen LogP contribution in [0.3, 0.4) is 0 Å². The van der Waals surface area contributed by atoms with Gasteiger partial charge in [-0.2, -0.15) is 0 Å². The zero-order valence-electron chi connectivity index (χ0n) is 15.5. The predicted octanol–water partition coefficient (Wildman–Crippen LogP) is 5.45. The average molecular weight is 450 g/mol. The topological polar surface area (TPSA) is 38.8 Å². The molecular formula is C21H17ClFNO3S2. The third kappa shape index (κ3) is 4.80. The van der Waals surface area contributed by atoms with Gasteiger partial charge in [0.2, 0.25) is 0 Å². The van der Waals surface area contributed by atoms with Gasteiger partial charge in [0, 0.05) is 12.1 Å². The van der Waals surface area contributed by atoms with Crippen LogP contribution in [0.25, 0.3) is 6.08 Å². The first-order chi connectivity index (χ1) is 13.9. The first-order valence-electron chi connectivity index (χ1n) is 8.54. The number of amides is 1. The molecule has 0 spiro atoms. The maximum absolute atomic E-state index is 14.0. The molecule has 0 atom stereocenters. The third-order valence-corrected chi connectivity index (χ3v) is 5.84. The Balaban J connectivity index is 1.85. The number of carbonyl (C=O) groups is 1. The SMILES string of the molecule is C=CCN1C(=O)/C(=C/c2ccc(OC)c(OCc3c(F)cccc3Cl)c2)SC1=S. The second-order valence-electron chi connectivity index (χ2n) is 5.98. The molecule has 29 heavy (non-hydrogen) atoms. The van der Waals surface area contributed by atoms with Gasteiger partial charge in [-0.05, 0) is 35.9 Å². The fourth-order valence-electron chi connectivity index (χ4n) is 2.65. The highest BCUT2D eigenvalue weighted by Crippen LogP contribution is 2.35. The predicted molar refractivity (Wildman–Crippen MR) is 119 cm³/mol. The van der Waals surface area contributed by atoms with Crippen LogP contribution in [0.1, 0.15) is 11.1 Å². The fraction of sp³-hybridized carbons (Fsp3) is 0.143. The molecule has 4 nitrogen and oxygen atoms in total. The van der Waals surface area contributed by atoms with Crippen LogP contribution in [-0.4, -0.2) is 28.8 Å². The Labute approximate surface area is 182 Å². The lowest BCUT2D eigenvalue weighted by Gasteiger charge is -2.13. The molecule has 8 heteroatoms. The Hall–Kier alpha value is -2.35. The normalized spacial score (nSPS) is 15.1. The molecule has 1 fully saturated rings.